The van der Waals surface area contributed by atoms with Gasteiger partial charge in [0.1, 0.15) is 13.2 Å². The minimum absolute atomic E-state index is 0.176. The van der Waals surface area contributed by atoms with Gasteiger partial charge in [0.05, 0.1) is 34.4 Å². The zero-order valence-corrected chi connectivity index (χ0v) is 37.4. The molecule has 0 aliphatic rings. The van der Waals surface area contributed by atoms with Crippen LogP contribution in [0.2, 0.25) is 0 Å². The van der Waals surface area contributed by atoms with Crippen molar-refractivity contribution >= 4 is 17.9 Å². The number of ether oxygens (including phenoxy) is 4. The summed E-state index contributed by atoms with van der Waals surface area (Å²) in [7, 11) is 5.93. The molecule has 9 heteroatoms. The molecule has 1 N–H and O–H groups in total. The molecule has 0 aliphatic carbocycles. The molecule has 0 bridgehead atoms. The highest BCUT2D eigenvalue weighted by Gasteiger charge is 2.25. The van der Waals surface area contributed by atoms with Gasteiger partial charge in [0.15, 0.2) is 6.10 Å². The zero-order valence-electron chi connectivity index (χ0n) is 37.4. The summed E-state index contributed by atoms with van der Waals surface area (Å²) in [6.07, 6.45) is 46.7. The largest absolute Gasteiger partial charge is 0.477 e. The zero-order chi connectivity index (χ0) is 42.8. The third-order valence-corrected chi connectivity index (χ3v) is 9.20. The molecule has 0 radical (unpaired) electrons. The summed E-state index contributed by atoms with van der Waals surface area (Å²) in [5.41, 5.74) is 0. The van der Waals surface area contributed by atoms with Crippen LogP contribution in [0.5, 0.6) is 0 Å². The number of aliphatic carboxylic acids is 1. The van der Waals surface area contributed by atoms with Crippen LogP contribution in [0, 0.1) is 0 Å². The Bertz CT molecular complexity index is 1180. The molecule has 0 spiro atoms. The van der Waals surface area contributed by atoms with Crippen molar-refractivity contribution in [2.75, 3.05) is 47.5 Å². The van der Waals surface area contributed by atoms with Gasteiger partial charge in [0, 0.05) is 12.8 Å². The van der Waals surface area contributed by atoms with E-state index >= 15 is 0 Å². The predicted molar refractivity (Wildman–Crippen MR) is 239 cm³/mol. The van der Waals surface area contributed by atoms with Crippen molar-refractivity contribution in [3.05, 3.63) is 72.9 Å². The summed E-state index contributed by atoms with van der Waals surface area (Å²) in [6, 6.07) is 0. The maximum Gasteiger partial charge on any atom is 0.361 e. The van der Waals surface area contributed by atoms with Crippen LogP contribution < -0.4 is 0 Å². The lowest BCUT2D eigenvalue weighted by Crippen LogP contribution is -2.40. The number of unbranched alkanes of at least 4 members (excludes halogenated alkanes) is 13. The normalized spacial score (nSPS) is 13.6. The summed E-state index contributed by atoms with van der Waals surface area (Å²) < 4.78 is 22.7. The molecule has 0 aromatic carbocycles. The highest BCUT2D eigenvalue weighted by molar-refractivity contribution is 5.71. The molecule has 0 saturated carbocycles. The first kappa shape index (κ1) is 54.7. The Balaban J connectivity index is 4.53. The summed E-state index contributed by atoms with van der Waals surface area (Å²) in [5, 5.41) is 9.63. The fraction of sp³-hybridized carbons (Fsp3) is 0.694. The van der Waals surface area contributed by atoms with Gasteiger partial charge in [-0.1, -0.05) is 138 Å². The molecule has 0 aliphatic heterocycles. The van der Waals surface area contributed by atoms with Gasteiger partial charge in [0.2, 0.25) is 0 Å². The lowest BCUT2D eigenvalue weighted by atomic mass is 10.1. The number of nitrogens with zero attached hydrogens (tertiary/aromatic N) is 1. The number of esters is 2. The molecule has 0 fully saturated rings. The first-order chi connectivity index (χ1) is 28.1. The molecular weight excluding hydrogens is 731 g/mol. The van der Waals surface area contributed by atoms with Gasteiger partial charge in [-0.15, -0.1) is 0 Å². The molecule has 332 valence electrons. The van der Waals surface area contributed by atoms with E-state index in [9.17, 15) is 19.5 Å². The fourth-order valence-corrected chi connectivity index (χ4v) is 5.68. The number of rotatable bonds is 40. The average molecular weight is 815 g/mol. The second-order valence-corrected chi connectivity index (χ2v) is 16.0. The Morgan fingerprint density at radius 2 is 0.983 bits per heavy atom. The van der Waals surface area contributed by atoms with E-state index in [1.54, 1.807) is 0 Å². The molecule has 2 unspecified atom stereocenters. The van der Waals surface area contributed by atoms with Crippen LogP contribution in [0.3, 0.4) is 0 Å². The first-order valence-corrected chi connectivity index (χ1v) is 22.6. The van der Waals surface area contributed by atoms with Crippen LogP contribution in [-0.4, -0.2) is 87.4 Å². The maximum absolute atomic E-state index is 12.8. The van der Waals surface area contributed by atoms with Crippen LogP contribution in [0.4, 0.5) is 0 Å². The van der Waals surface area contributed by atoms with E-state index in [2.05, 4.69) is 86.8 Å². The van der Waals surface area contributed by atoms with E-state index in [1.165, 1.54) is 32.1 Å². The van der Waals surface area contributed by atoms with Crippen LogP contribution in [0.15, 0.2) is 72.9 Å². The molecule has 0 amide bonds. The van der Waals surface area contributed by atoms with E-state index in [4.69, 9.17) is 18.9 Å². The highest BCUT2D eigenvalue weighted by Crippen LogP contribution is 2.12. The summed E-state index contributed by atoms with van der Waals surface area (Å²) >= 11 is 0. The highest BCUT2D eigenvalue weighted by atomic mass is 16.7. The van der Waals surface area contributed by atoms with Gasteiger partial charge >= 0.3 is 17.9 Å². The second kappa shape index (κ2) is 40.5. The van der Waals surface area contributed by atoms with E-state index in [0.717, 1.165) is 96.3 Å². The number of allylic oxidation sites excluding steroid dienone is 12. The Morgan fingerprint density at radius 3 is 1.47 bits per heavy atom. The maximum atomic E-state index is 12.8. The van der Waals surface area contributed by atoms with Crippen molar-refractivity contribution in [1.82, 2.24) is 0 Å². The quantitative estimate of drug-likeness (QED) is 0.0214. The topological polar surface area (TPSA) is 108 Å². The van der Waals surface area contributed by atoms with E-state index in [-0.39, 0.29) is 38.6 Å². The van der Waals surface area contributed by atoms with Crippen molar-refractivity contribution in [2.24, 2.45) is 0 Å². The summed E-state index contributed by atoms with van der Waals surface area (Å²) in [6.45, 7) is 4.67. The van der Waals surface area contributed by atoms with Crippen molar-refractivity contribution in [2.45, 2.75) is 174 Å². The molecule has 0 saturated heterocycles. The number of likely N-dealkylation sites (N-methyl/N-ethyl adjacent to an activating group) is 1. The molecule has 58 heavy (non-hydrogen) atoms. The molecule has 0 rings (SSSR count). The molecule has 9 nitrogen and oxygen atoms in total. The van der Waals surface area contributed by atoms with E-state index < -0.39 is 24.3 Å². The van der Waals surface area contributed by atoms with E-state index in [0.29, 0.717) is 17.4 Å². The third kappa shape index (κ3) is 40.9. The Kier molecular flexibility index (Phi) is 38.2. The standard InChI is InChI=1S/C49H83NO8/c1-6-8-10-12-14-16-18-20-22-24-26-28-30-32-34-36-38-40-47(52)58-45(44-57-49(48(53)54)55-42-41-50(3,4)5)43-56-46(51)39-37-35-33-31-29-27-25-23-21-19-17-15-13-11-9-7-2/h8,10,14,16-17,19-20,22-23,25-26,28,45,49H,6-7,9,11-13,15,18,21,24,27,29-44H2,1-5H3/p+1/b10-8-,16-14-,19-17-,22-20-,25-23-,28-26-. The van der Waals surface area contributed by atoms with Crippen molar-refractivity contribution in [3.8, 4) is 0 Å². The van der Waals surface area contributed by atoms with Gasteiger partial charge in [0.25, 0.3) is 6.29 Å². The third-order valence-electron chi connectivity index (χ3n) is 9.20. The summed E-state index contributed by atoms with van der Waals surface area (Å²) in [5.74, 6) is -2.07. The van der Waals surface area contributed by atoms with Crippen LogP contribution in [-0.2, 0) is 33.3 Å². The Morgan fingerprint density at radius 1 is 0.534 bits per heavy atom. The second-order valence-electron chi connectivity index (χ2n) is 16.0. The van der Waals surface area contributed by atoms with Gasteiger partial charge in [-0.05, 0) is 83.5 Å². The van der Waals surface area contributed by atoms with Gasteiger partial charge < -0.3 is 28.5 Å². The fourth-order valence-electron chi connectivity index (χ4n) is 5.68. The predicted octanol–water partition coefficient (Wildman–Crippen LogP) is 11.9. The van der Waals surface area contributed by atoms with E-state index in [1.807, 2.05) is 21.1 Å². The number of carbonyl (C=O) groups is 3. The Hall–Kier alpha value is -3.27. The molecule has 2 atom stereocenters. The van der Waals surface area contributed by atoms with Crippen LogP contribution >= 0.6 is 0 Å². The van der Waals surface area contributed by atoms with Gasteiger partial charge in [-0.3, -0.25) is 9.59 Å². The lowest BCUT2D eigenvalue weighted by Gasteiger charge is -2.25. The van der Waals surface area contributed by atoms with Crippen LogP contribution in [0.1, 0.15) is 162 Å². The number of hydrogen-bond acceptors (Lipinski definition) is 7. The number of carboxylic acids is 1. The van der Waals surface area contributed by atoms with Gasteiger partial charge in [-0.2, -0.15) is 0 Å². The number of carbonyl (C=O) groups excluding carboxylic acids is 2. The molecule has 0 aromatic heterocycles. The lowest BCUT2D eigenvalue weighted by molar-refractivity contribution is -0.870. The minimum atomic E-state index is -1.52. The molecular formula is C49H84NO8+. The van der Waals surface area contributed by atoms with Gasteiger partial charge in [-0.25, -0.2) is 4.79 Å². The first-order valence-electron chi connectivity index (χ1n) is 22.6. The number of hydrogen-bond donors (Lipinski definition) is 1. The van der Waals surface area contributed by atoms with Crippen molar-refractivity contribution in [3.63, 3.8) is 0 Å². The smallest absolute Gasteiger partial charge is 0.361 e. The molecule has 0 heterocycles. The van der Waals surface area contributed by atoms with Crippen molar-refractivity contribution in [1.29, 1.82) is 0 Å². The average Bonchev–Trinajstić information content (AvgIpc) is 3.18. The Labute approximate surface area is 354 Å². The SMILES string of the molecule is CC/C=C\C/C=C\C/C=C\C/C=C\CCCCCCC(=O)OC(COC(=O)CCCCCCC/C=C\C/C=C\CCCCCC)COC(OCC[N+](C)(C)C)C(=O)O. The minimum Gasteiger partial charge on any atom is -0.477 e. The van der Waals surface area contributed by atoms with Crippen molar-refractivity contribution < 1.29 is 42.9 Å². The number of quaternary nitrogens is 1. The monoisotopic (exact) mass is 815 g/mol. The van der Waals surface area contributed by atoms with Crippen LogP contribution in [0.25, 0.3) is 0 Å². The molecule has 0 aromatic rings. The number of carboxylic acid groups (broad SMARTS) is 1. The summed E-state index contributed by atoms with van der Waals surface area (Å²) in [4.78, 5) is 37.1.